The molecule has 2 atom stereocenters. The third kappa shape index (κ3) is 6.13. The molecule has 7 nitrogen and oxygen atoms in total. The molecule has 0 saturated carbocycles. The van der Waals surface area contributed by atoms with Crippen LogP contribution in [0.4, 0.5) is 4.39 Å². The summed E-state index contributed by atoms with van der Waals surface area (Å²) < 4.78 is 24.4. The number of guanidine groups is 1. The van der Waals surface area contributed by atoms with Crippen LogP contribution in [-0.4, -0.2) is 53.8 Å². The van der Waals surface area contributed by atoms with Gasteiger partial charge < -0.3 is 19.5 Å². The lowest BCUT2D eigenvalue weighted by atomic mass is 10.1. The first-order chi connectivity index (χ1) is 13.0. The number of aliphatic imine (C=N–C) groups is 1. The molecular weight excluding hydrogens is 476 g/mol. The van der Waals surface area contributed by atoms with E-state index >= 15 is 0 Å². The molecule has 1 aromatic heterocycles. The maximum Gasteiger partial charge on any atom is 0.226 e. The summed E-state index contributed by atoms with van der Waals surface area (Å²) in [6.07, 6.45) is 1.52. The quantitative estimate of drug-likeness (QED) is 0.293. The van der Waals surface area contributed by atoms with Crippen molar-refractivity contribution in [1.29, 1.82) is 0 Å². The molecule has 28 heavy (non-hydrogen) atoms. The molecule has 1 aliphatic rings. The summed E-state index contributed by atoms with van der Waals surface area (Å²) in [5.74, 6) is 1.90. The Hall–Kier alpha value is -1.75. The number of ether oxygens (including phenoxy) is 1. The van der Waals surface area contributed by atoms with Crippen LogP contribution in [0.15, 0.2) is 33.8 Å². The first-order valence-corrected chi connectivity index (χ1v) is 9.21. The van der Waals surface area contributed by atoms with Gasteiger partial charge in [0.15, 0.2) is 11.8 Å². The summed E-state index contributed by atoms with van der Waals surface area (Å²) in [5, 5.41) is 7.18. The van der Waals surface area contributed by atoms with Crippen molar-refractivity contribution in [1.82, 2.24) is 20.4 Å². The Morgan fingerprint density at radius 3 is 2.71 bits per heavy atom. The highest BCUT2D eigenvalue weighted by atomic mass is 127. The van der Waals surface area contributed by atoms with Gasteiger partial charge in [0.2, 0.25) is 5.89 Å². The van der Waals surface area contributed by atoms with Crippen molar-refractivity contribution in [3.8, 4) is 0 Å². The fraction of sp³-hybridized carbons (Fsp3) is 0.526. The summed E-state index contributed by atoms with van der Waals surface area (Å²) in [6.45, 7) is 6.01. The van der Waals surface area contributed by atoms with Gasteiger partial charge in [0.05, 0.1) is 12.6 Å². The molecule has 2 aromatic rings. The van der Waals surface area contributed by atoms with Crippen molar-refractivity contribution in [3.63, 3.8) is 0 Å². The number of rotatable bonds is 5. The number of morpholine rings is 1. The van der Waals surface area contributed by atoms with Gasteiger partial charge in [-0.25, -0.2) is 4.39 Å². The Labute approximate surface area is 181 Å². The van der Waals surface area contributed by atoms with Gasteiger partial charge >= 0.3 is 0 Å². The minimum atomic E-state index is -0.242. The summed E-state index contributed by atoms with van der Waals surface area (Å²) in [5.41, 5.74) is 0.968. The molecule has 1 N–H and O–H groups in total. The maximum absolute atomic E-state index is 13.2. The molecule has 154 valence electrons. The van der Waals surface area contributed by atoms with E-state index < -0.39 is 0 Å². The van der Waals surface area contributed by atoms with Crippen LogP contribution in [0.1, 0.15) is 36.7 Å². The zero-order valence-electron chi connectivity index (χ0n) is 16.4. The van der Waals surface area contributed by atoms with Gasteiger partial charge in [0, 0.05) is 26.6 Å². The van der Waals surface area contributed by atoms with Crippen molar-refractivity contribution in [3.05, 3.63) is 47.4 Å². The van der Waals surface area contributed by atoms with E-state index in [1.165, 1.54) is 12.1 Å². The van der Waals surface area contributed by atoms with Crippen LogP contribution in [0, 0.1) is 12.7 Å². The zero-order valence-corrected chi connectivity index (χ0v) is 18.7. The first-order valence-electron chi connectivity index (χ1n) is 9.21. The topological polar surface area (TPSA) is 75.8 Å². The van der Waals surface area contributed by atoms with Crippen molar-refractivity contribution in [2.75, 3.05) is 26.7 Å². The van der Waals surface area contributed by atoms with E-state index in [2.05, 4.69) is 25.3 Å². The number of halogens is 2. The van der Waals surface area contributed by atoms with Crippen molar-refractivity contribution in [2.45, 2.75) is 38.9 Å². The van der Waals surface area contributed by atoms with Gasteiger partial charge in [-0.05, 0) is 38.0 Å². The number of nitrogens with zero attached hydrogens (tertiary/aromatic N) is 4. The normalized spacial score (nSPS) is 20.0. The smallest absolute Gasteiger partial charge is 0.226 e. The van der Waals surface area contributed by atoms with Crippen LogP contribution >= 0.6 is 24.0 Å². The van der Waals surface area contributed by atoms with E-state index in [0.717, 1.165) is 37.5 Å². The summed E-state index contributed by atoms with van der Waals surface area (Å²) >= 11 is 0. The summed E-state index contributed by atoms with van der Waals surface area (Å²) in [6, 6.07) is 6.49. The lowest BCUT2D eigenvalue weighted by molar-refractivity contribution is -0.0605. The lowest BCUT2D eigenvalue weighted by Crippen LogP contribution is -2.50. The minimum Gasteiger partial charge on any atom is -0.367 e. The van der Waals surface area contributed by atoms with E-state index in [4.69, 9.17) is 9.26 Å². The van der Waals surface area contributed by atoms with Crippen molar-refractivity contribution < 1.29 is 13.7 Å². The molecule has 2 unspecified atom stereocenters. The molecule has 0 bridgehead atoms. The van der Waals surface area contributed by atoms with Crippen molar-refractivity contribution in [2.24, 2.45) is 4.99 Å². The van der Waals surface area contributed by atoms with Crippen LogP contribution in [0.3, 0.4) is 0 Å². The van der Waals surface area contributed by atoms with Gasteiger partial charge in [-0.2, -0.15) is 4.98 Å². The van der Waals surface area contributed by atoms with E-state index in [0.29, 0.717) is 18.3 Å². The third-order valence-electron chi connectivity index (χ3n) is 4.43. The monoisotopic (exact) mass is 503 g/mol. The van der Waals surface area contributed by atoms with Gasteiger partial charge in [-0.1, -0.05) is 17.3 Å². The Morgan fingerprint density at radius 1 is 1.32 bits per heavy atom. The Balaban J connectivity index is 0.00000280. The molecule has 0 amide bonds. The molecule has 2 heterocycles. The number of hydrogen-bond acceptors (Lipinski definition) is 5. The van der Waals surface area contributed by atoms with Crippen LogP contribution in [0.5, 0.6) is 0 Å². The molecule has 1 aliphatic heterocycles. The molecule has 3 rings (SSSR count). The molecule has 1 fully saturated rings. The van der Waals surface area contributed by atoms with Gasteiger partial charge in [0.1, 0.15) is 11.9 Å². The SMILES string of the molecule is CN=C(NCCCc1nc(C)no1)N1CC(C)OC(c2ccc(F)cc2)C1.I. The maximum atomic E-state index is 13.2. The fourth-order valence-corrected chi connectivity index (χ4v) is 3.20. The third-order valence-corrected chi connectivity index (χ3v) is 4.43. The molecule has 0 aliphatic carbocycles. The Kier molecular flexibility index (Phi) is 8.61. The number of nitrogens with one attached hydrogen (secondary N) is 1. The highest BCUT2D eigenvalue weighted by molar-refractivity contribution is 14.0. The molecule has 9 heteroatoms. The average molecular weight is 503 g/mol. The Bertz CT molecular complexity index is 768. The minimum absolute atomic E-state index is 0. The molecular formula is C19H27FIN5O2. The average Bonchev–Trinajstić information content (AvgIpc) is 3.07. The van der Waals surface area contributed by atoms with E-state index in [-0.39, 0.29) is 42.0 Å². The van der Waals surface area contributed by atoms with E-state index in [1.807, 2.05) is 13.8 Å². The second-order valence-corrected chi connectivity index (χ2v) is 6.70. The number of hydrogen-bond donors (Lipinski definition) is 1. The number of benzene rings is 1. The molecule has 1 saturated heterocycles. The van der Waals surface area contributed by atoms with Crippen molar-refractivity contribution >= 4 is 29.9 Å². The highest BCUT2D eigenvalue weighted by Gasteiger charge is 2.28. The largest absolute Gasteiger partial charge is 0.367 e. The van der Waals surface area contributed by atoms with Crippen LogP contribution in [-0.2, 0) is 11.2 Å². The fourth-order valence-electron chi connectivity index (χ4n) is 3.20. The van der Waals surface area contributed by atoms with Crippen LogP contribution < -0.4 is 5.32 Å². The summed E-state index contributed by atoms with van der Waals surface area (Å²) in [7, 11) is 1.77. The van der Waals surface area contributed by atoms with Crippen LogP contribution in [0.2, 0.25) is 0 Å². The highest BCUT2D eigenvalue weighted by Crippen LogP contribution is 2.25. The van der Waals surface area contributed by atoms with Gasteiger partial charge in [-0.15, -0.1) is 24.0 Å². The van der Waals surface area contributed by atoms with E-state index in [9.17, 15) is 4.39 Å². The Morgan fingerprint density at radius 2 is 2.07 bits per heavy atom. The predicted octanol–water partition coefficient (Wildman–Crippen LogP) is 3.11. The lowest BCUT2D eigenvalue weighted by Gasteiger charge is -2.38. The van der Waals surface area contributed by atoms with Gasteiger partial charge in [0.25, 0.3) is 0 Å². The first kappa shape index (κ1) is 22.5. The zero-order chi connectivity index (χ0) is 19.2. The van der Waals surface area contributed by atoms with Gasteiger partial charge in [-0.3, -0.25) is 4.99 Å². The summed E-state index contributed by atoms with van der Waals surface area (Å²) in [4.78, 5) is 10.8. The molecule has 0 radical (unpaired) electrons. The molecule has 0 spiro atoms. The van der Waals surface area contributed by atoms with E-state index in [1.54, 1.807) is 19.2 Å². The van der Waals surface area contributed by atoms with Crippen LogP contribution in [0.25, 0.3) is 0 Å². The number of aromatic nitrogens is 2. The second-order valence-electron chi connectivity index (χ2n) is 6.70. The predicted molar refractivity (Wildman–Crippen MR) is 115 cm³/mol. The standard InChI is InChI=1S/C19H26FN5O2.HI/c1-13-11-25(12-17(26-13)15-6-8-16(20)9-7-15)19(21-3)22-10-4-5-18-23-14(2)24-27-18;/h6-9,13,17H,4-5,10-12H2,1-3H3,(H,21,22);1H. The second kappa shape index (κ2) is 10.7. The molecule has 1 aromatic carbocycles. The number of aryl methyl sites for hydroxylation is 2.